The predicted molar refractivity (Wildman–Crippen MR) is 64.3 cm³/mol. The number of aromatic nitrogens is 1. The number of nitrogens with zero attached hydrogens (tertiary/aromatic N) is 1. The third-order valence-corrected chi connectivity index (χ3v) is 2.55. The summed E-state index contributed by atoms with van der Waals surface area (Å²) in [4.78, 5) is 3.10. The van der Waals surface area contributed by atoms with Crippen LogP contribution >= 0.6 is 11.6 Å². The Bertz CT molecular complexity index is 512. The summed E-state index contributed by atoms with van der Waals surface area (Å²) < 4.78 is 0. The monoisotopic (exact) mass is 231 g/mol. The standard InChI is InChI=1S/C12H10ClN3/c13-12-6-10(4-3-9(12)7-14)16-8-11-2-1-5-15-11/h1-6,15-16H,8H2. The van der Waals surface area contributed by atoms with E-state index in [0.29, 0.717) is 17.1 Å². The lowest BCUT2D eigenvalue weighted by Gasteiger charge is -2.05. The summed E-state index contributed by atoms with van der Waals surface area (Å²) in [7, 11) is 0. The van der Waals surface area contributed by atoms with Crippen molar-refractivity contribution in [3.05, 3.63) is 52.8 Å². The zero-order chi connectivity index (χ0) is 11.4. The summed E-state index contributed by atoms with van der Waals surface area (Å²) in [5.74, 6) is 0. The quantitative estimate of drug-likeness (QED) is 0.853. The Labute approximate surface area is 98.7 Å². The number of anilines is 1. The highest BCUT2D eigenvalue weighted by molar-refractivity contribution is 6.32. The predicted octanol–water partition coefficient (Wildman–Crippen LogP) is 3.15. The average molecular weight is 232 g/mol. The molecule has 0 aliphatic heterocycles. The summed E-state index contributed by atoms with van der Waals surface area (Å²) in [6, 6.07) is 11.3. The van der Waals surface area contributed by atoms with Gasteiger partial charge in [0, 0.05) is 17.6 Å². The Morgan fingerprint density at radius 1 is 1.38 bits per heavy atom. The minimum absolute atomic E-state index is 0.471. The maximum Gasteiger partial charge on any atom is 0.101 e. The second kappa shape index (κ2) is 4.73. The van der Waals surface area contributed by atoms with E-state index in [1.807, 2.05) is 30.5 Å². The van der Waals surface area contributed by atoms with Crippen molar-refractivity contribution in [2.45, 2.75) is 6.54 Å². The number of aromatic amines is 1. The third kappa shape index (κ3) is 2.36. The van der Waals surface area contributed by atoms with E-state index < -0.39 is 0 Å². The molecule has 0 spiro atoms. The number of hydrogen-bond donors (Lipinski definition) is 2. The van der Waals surface area contributed by atoms with E-state index >= 15 is 0 Å². The highest BCUT2D eigenvalue weighted by atomic mass is 35.5. The van der Waals surface area contributed by atoms with Gasteiger partial charge >= 0.3 is 0 Å². The molecule has 1 heterocycles. The van der Waals surface area contributed by atoms with Crippen molar-refractivity contribution in [2.75, 3.05) is 5.32 Å². The van der Waals surface area contributed by atoms with Crippen LogP contribution in [0.5, 0.6) is 0 Å². The molecule has 16 heavy (non-hydrogen) atoms. The SMILES string of the molecule is N#Cc1ccc(NCc2ccc[nH]2)cc1Cl. The molecule has 2 aromatic rings. The van der Waals surface area contributed by atoms with Crippen molar-refractivity contribution in [2.24, 2.45) is 0 Å². The van der Waals surface area contributed by atoms with Gasteiger partial charge in [-0.05, 0) is 30.3 Å². The molecule has 1 aromatic carbocycles. The molecular formula is C12H10ClN3. The second-order valence-electron chi connectivity index (χ2n) is 3.36. The Morgan fingerprint density at radius 2 is 2.25 bits per heavy atom. The maximum atomic E-state index is 8.73. The molecule has 0 saturated carbocycles. The van der Waals surface area contributed by atoms with Crippen LogP contribution in [0, 0.1) is 11.3 Å². The van der Waals surface area contributed by atoms with Gasteiger partial charge in [-0.25, -0.2) is 0 Å². The van der Waals surface area contributed by atoms with Crippen LogP contribution in [-0.4, -0.2) is 4.98 Å². The van der Waals surface area contributed by atoms with Crippen molar-refractivity contribution in [3.8, 4) is 6.07 Å². The van der Waals surface area contributed by atoms with Crippen LogP contribution in [0.2, 0.25) is 5.02 Å². The lowest BCUT2D eigenvalue weighted by molar-refractivity contribution is 1.07. The van der Waals surface area contributed by atoms with Gasteiger partial charge in [0.25, 0.3) is 0 Å². The lowest BCUT2D eigenvalue weighted by atomic mass is 10.2. The Kier molecular flexibility index (Phi) is 3.13. The van der Waals surface area contributed by atoms with Gasteiger partial charge in [0.05, 0.1) is 17.1 Å². The molecule has 0 amide bonds. The molecule has 80 valence electrons. The van der Waals surface area contributed by atoms with Crippen molar-refractivity contribution in [1.29, 1.82) is 5.26 Å². The first-order valence-corrected chi connectivity index (χ1v) is 5.23. The van der Waals surface area contributed by atoms with Gasteiger partial charge in [-0.3, -0.25) is 0 Å². The molecule has 1 aromatic heterocycles. The number of rotatable bonds is 3. The summed E-state index contributed by atoms with van der Waals surface area (Å²) in [5.41, 5.74) is 2.49. The van der Waals surface area contributed by atoms with E-state index in [2.05, 4.69) is 10.3 Å². The third-order valence-electron chi connectivity index (χ3n) is 2.23. The summed E-state index contributed by atoms with van der Waals surface area (Å²) >= 11 is 5.92. The van der Waals surface area contributed by atoms with Gasteiger partial charge in [-0.2, -0.15) is 5.26 Å². The van der Waals surface area contributed by atoms with Crippen LogP contribution in [-0.2, 0) is 6.54 Å². The molecule has 4 heteroatoms. The molecule has 0 radical (unpaired) electrons. The molecule has 3 nitrogen and oxygen atoms in total. The Balaban J connectivity index is 2.06. The molecule has 0 fully saturated rings. The van der Waals surface area contributed by atoms with Crippen LogP contribution in [0.15, 0.2) is 36.5 Å². The van der Waals surface area contributed by atoms with Crippen LogP contribution in [0.3, 0.4) is 0 Å². The number of hydrogen-bond acceptors (Lipinski definition) is 2. The van der Waals surface area contributed by atoms with Crippen LogP contribution in [0.1, 0.15) is 11.3 Å². The number of halogens is 1. The van der Waals surface area contributed by atoms with Crippen molar-refractivity contribution in [1.82, 2.24) is 4.98 Å². The van der Waals surface area contributed by atoms with E-state index in [9.17, 15) is 0 Å². The van der Waals surface area contributed by atoms with E-state index in [1.165, 1.54) is 0 Å². The molecule has 0 unspecified atom stereocenters. The molecule has 0 bridgehead atoms. The van der Waals surface area contributed by atoms with Gasteiger partial charge in [-0.15, -0.1) is 0 Å². The van der Waals surface area contributed by atoms with Crippen LogP contribution < -0.4 is 5.32 Å². The van der Waals surface area contributed by atoms with Crippen molar-refractivity contribution in [3.63, 3.8) is 0 Å². The van der Waals surface area contributed by atoms with Gasteiger partial charge in [-0.1, -0.05) is 11.6 Å². The van der Waals surface area contributed by atoms with Crippen molar-refractivity contribution >= 4 is 17.3 Å². The topological polar surface area (TPSA) is 51.6 Å². The first kappa shape index (κ1) is 10.6. The number of H-pyrrole nitrogens is 1. The van der Waals surface area contributed by atoms with E-state index in [1.54, 1.807) is 12.1 Å². The summed E-state index contributed by atoms with van der Waals surface area (Å²) in [5, 5.41) is 12.4. The first-order chi connectivity index (χ1) is 7.79. The molecule has 0 aliphatic carbocycles. The molecule has 0 atom stereocenters. The Hall–Kier alpha value is -1.92. The van der Waals surface area contributed by atoms with Gasteiger partial charge < -0.3 is 10.3 Å². The normalized spacial score (nSPS) is 9.75. The molecule has 0 saturated heterocycles. The minimum Gasteiger partial charge on any atom is -0.379 e. The fourth-order valence-corrected chi connectivity index (χ4v) is 1.61. The minimum atomic E-state index is 0.471. The van der Waals surface area contributed by atoms with Gasteiger partial charge in [0.2, 0.25) is 0 Å². The van der Waals surface area contributed by atoms with E-state index in [4.69, 9.17) is 16.9 Å². The smallest absolute Gasteiger partial charge is 0.101 e. The molecule has 2 N–H and O–H groups in total. The van der Waals surface area contributed by atoms with Gasteiger partial charge in [0.15, 0.2) is 0 Å². The lowest BCUT2D eigenvalue weighted by Crippen LogP contribution is -1.99. The summed E-state index contributed by atoms with van der Waals surface area (Å²) in [6.07, 6.45) is 1.88. The van der Waals surface area contributed by atoms with E-state index in [-0.39, 0.29) is 0 Å². The molecule has 2 rings (SSSR count). The highest BCUT2D eigenvalue weighted by Crippen LogP contribution is 2.20. The average Bonchev–Trinajstić information content (AvgIpc) is 2.79. The fraction of sp³-hybridized carbons (Fsp3) is 0.0833. The highest BCUT2D eigenvalue weighted by Gasteiger charge is 2.00. The van der Waals surface area contributed by atoms with Gasteiger partial charge in [0.1, 0.15) is 6.07 Å². The second-order valence-corrected chi connectivity index (χ2v) is 3.76. The van der Waals surface area contributed by atoms with Crippen molar-refractivity contribution < 1.29 is 0 Å². The number of nitrogens with one attached hydrogen (secondary N) is 2. The Morgan fingerprint density at radius 3 is 2.88 bits per heavy atom. The number of nitriles is 1. The number of benzene rings is 1. The molecular weight excluding hydrogens is 222 g/mol. The zero-order valence-corrected chi connectivity index (χ0v) is 9.25. The fourth-order valence-electron chi connectivity index (χ4n) is 1.39. The van der Waals surface area contributed by atoms with E-state index in [0.717, 1.165) is 11.4 Å². The zero-order valence-electron chi connectivity index (χ0n) is 8.50. The maximum absolute atomic E-state index is 8.73. The first-order valence-electron chi connectivity index (χ1n) is 4.85. The largest absolute Gasteiger partial charge is 0.379 e. The van der Waals surface area contributed by atoms with Crippen LogP contribution in [0.25, 0.3) is 0 Å². The summed E-state index contributed by atoms with van der Waals surface area (Å²) in [6.45, 7) is 0.704. The van der Waals surface area contributed by atoms with Crippen LogP contribution in [0.4, 0.5) is 5.69 Å². The molecule has 0 aliphatic rings.